The number of halogens is 2. The summed E-state index contributed by atoms with van der Waals surface area (Å²) in [6.45, 7) is 0.961. The molecular weight excluding hydrogens is 703 g/mol. The first-order valence-corrected chi connectivity index (χ1v) is 19.4. The second-order valence-electron chi connectivity index (χ2n) is 12.9. The van der Waals surface area contributed by atoms with Crippen LogP contribution in [-0.2, 0) is 46.1 Å². The molecule has 0 saturated heterocycles. The van der Waals surface area contributed by atoms with Gasteiger partial charge in [-0.2, -0.15) is 5.10 Å². The highest BCUT2D eigenvalue weighted by molar-refractivity contribution is 7.90. The fourth-order valence-electron chi connectivity index (χ4n) is 6.02. The summed E-state index contributed by atoms with van der Waals surface area (Å²) in [5, 5.41) is 14.7. The standard InChI is InChI=1S/C40H42F2N4O6S/c1-45-40(43-39(44-45)38(51-20-6-7-21-53(2,48)49)31-14-8-12-28(22-31)13-9-19-47)33-24-32(15-16-34(33)41)52-37-23-30-17-18-46(36(30)25-35(37)42)27-50-26-29-10-4-3-5-11-29/h3-5,8,10-12,14-18,22-25,38,47H,6-7,9,13,19-21,26-27H2,1-2H3. The molecule has 0 spiro atoms. The molecule has 278 valence electrons. The Hall–Kier alpha value is -4.95. The van der Waals surface area contributed by atoms with E-state index < -0.39 is 27.6 Å². The Labute approximate surface area is 307 Å². The average molecular weight is 745 g/mol. The van der Waals surface area contributed by atoms with Gasteiger partial charge in [-0.25, -0.2) is 26.9 Å². The number of unbranched alkanes of at least 4 members (excludes halogenated alkanes) is 1. The van der Waals surface area contributed by atoms with E-state index in [9.17, 15) is 13.5 Å². The van der Waals surface area contributed by atoms with Gasteiger partial charge in [-0.15, -0.1) is 0 Å². The second-order valence-corrected chi connectivity index (χ2v) is 15.2. The highest BCUT2D eigenvalue weighted by Crippen LogP contribution is 2.34. The first-order chi connectivity index (χ1) is 25.6. The van der Waals surface area contributed by atoms with E-state index in [1.807, 2.05) is 71.4 Å². The van der Waals surface area contributed by atoms with Crippen LogP contribution in [0.2, 0.25) is 0 Å². The molecule has 2 heterocycles. The van der Waals surface area contributed by atoms with Gasteiger partial charge in [0.05, 0.1) is 17.7 Å². The molecule has 0 radical (unpaired) electrons. The molecule has 6 aromatic rings. The van der Waals surface area contributed by atoms with Gasteiger partial charge >= 0.3 is 0 Å². The van der Waals surface area contributed by atoms with E-state index in [0.29, 0.717) is 37.8 Å². The van der Waals surface area contributed by atoms with Crippen LogP contribution in [0, 0.1) is 11.6 Å². The fourth-order valence-corrected chi connectivity index (χ4v) is 6.75. The van der Waals surface area contributed by atoms with E-state index in [0.717, 1.165) is 22.1 Å². The molecule has 0 fully saturated rings. The van der Waals surface area contributed by atoms with Crippen molar-refractivity contribution in [3.8, 4) is 22.9 Å². The fraction of sp³-hybridized carbons (Fsp3) is 0.300. The number of aliphatic hydroxyl groups excluding tert-OH is 1. The third-order valence-electron chi connectivity index (χ3n) is 8.66. The van der Waals surface area contributed by atoms with Gasteiger partial charge in [0.25, 0.3) is 0 Å². The van der Waals surface area contributed by atoms with Crippen molar-refractivity contribution >= 4 is 20.7 Å². The van der Waals surface area contributed by atoms with Crippen LogP contribution >= 0.6 is 0 Å². The molecule has 10 nitrogen and oxygen atoms in total. The van der Waals surface area contributed by atoms with Gasteiger partial charge in [-0.3, -0.25) is 0 Å². The van der Waals surface area contributed by atoms with Crippen molar-refractivity contribution in [3.63, 3.8) is 0 Å². The van der Waals surface area contributed by atoms with Crippen LogP contribution in [0.25, 0.3) is 22.3 Å². The van der Waals surface area contributed by atoms with Gasteiger partial charge in [0.15, 0.2) is 23.2 Å². The summed E-state index contributed by atoms with van der Waals surface area (Å²) < 4.78 is 75.4. The van der Waals surface area contributed by atoms with Gasteiger partial charge in [-0.1, -0.05) is 54.6 Å². The molecule has 1 atom stereocenters. The molecule has 0 aliphatic heterocycles. The Morgan fingerprint density at radius 3 is 2.49 bits per heavy atom. The van der Waals surface area contributed by atoms with Gasteiger partial charge in [0.1, 0.15) is 34.2 Å². The van der Waals surface area contributed by atoms with Crippen LogP contribution < -0.4 is 4.74 Å². The number of ether oxygens (including phenoxy) is 3. The van der Waals surface area contributed by atoms with Crippen molar-refractivity contribution in [2.45, 2.75) is 45.1 Å². The molecule has 53 heavy (non-hydrogen) atoms. The van der Waals surface area contributed by atoms with Gasteiger partial charge in [-0.05, 0) is 72.7 Å². The number of benzene rings is 4. The SMILES string of the molecule is Cn1nc(C(OCCCCS(C)(=O)=O)c2cccc(CCCO)c2)nc1-c1cc(Oc2cc3ccn(COCc4ccccc4)c3cc2F)ccc1F. The number of aromatic nitrogens is 4. The number of sulfone groups is 1. The zero-order chi connectivity index (χ0) is 37.4. The Morgan fingerprint density at radius 1 is 0.887 bits per heavy atom. The molecule has 0 saturated carbocycles. The number of aryl methyl sites for hydroxylation is 2. The van der Waals surface area contributed by atoms with Crippen LogP contribution in [0.1, 0.15) is 47.9 Å². The minimum absolute atomic E-state index is 0.0258. The number of fused-ring (bicyclic) bond motifs is 1. The zero-order valence-corrected chi connectivity index (χ0v) is 30.4. The Kier molecular flexibility index (Phi) is 12.3. The normalized spacial score (nSPS) is 12.4. The Morgan fingerprint density at radius 2 is 1.70 bits per heavy atom. The van der Waals surface area contributed by atoms with Gasteiger partial charge < -0.3 is 23.9 Å². The molecule has 6 rings (SSSR count). The van der Waals surface area contributed by atoms with Gasteiger partial charge in [0, 0.05) is 49.9 Å². The van der Waals surface area contributed by atoms with Crippen LogP contribution in [0.5, 0.6) is 11.5 Å². The molecule has 4 aromatic carbocycles. The lowest BCUT2D eigenvalue weighted by Crippen LogP contribution is -2.11. The van der Waals surface area contributed by atoms with Crippen LogP contribution in [0.3, 0.4) is 0 Å². The Bertz CT molecular complexity index is 2260. The van der Waals surface area contributed by atoms with E-state index in [-0.39, 0.29) is 54.4 Å². The van der Waals surface area contributed by atoms with Crippen molar-refractivity contribution in [1.82, 2.24) is 19.3 Å². The molecule has 13 heteroatoms. The lowest BCUT2D eigenvalue weighted by molar-refractivity contribution is 0.0667. The summed E-state index contributed by atoms with van der Waals surface area (Å²) >= 11 is 0. The average Bonchev–Trinajstić information content (AvgIpc) is 3.72. The summed E-state index contributed by atoms with van der Waals surface area (Å²) in [5.41, 5.74) is 3.53. The maximum absolute atomic E-state index is 15.4. The number of aliphatic hydroxyl groups is 1. The molecule has 0 aliphatic carbocycles. The van der Waals surface area contributed by atoms with Crippen molar-refractivity contribution in [1.29, 1.82) is 0 Å². The molecule has 1 N–H and O–H groups in total. The predicted molar refractivity (Wildman–Crippen MR) is 198 cm³/mol. The summed E-state index contributed by atoms with van der Waals surface area (Å²) in [6.07, 6.45) is 4.47. The minimum Gasteiger partial charge on any atom is -0.454 e. The largest absolute Gasteiger partial charge is 0.454 e. The Balaban J connectivity index is 1.22. The van der Waals surface area contributed by atoms with Crippen LogP contribution in [0.4, 0.5) is 8.78 Å². The van der Waals surface area contributed by atoms with Gasteiger partial charge in [0.2, 0.25) is 0 Å². The lowest BCUT2D eigenvalue weighted by atomic mass is 10.0. The monoisotopic (exact) mass is 744 g/mol. The molecule has 0 bridgehead atoms. The summed E-state index contributed by atoms with van der Waals surface area (Å²) in [4.78, 5) is 4.71. The summed E-state index contributed by atoms with van der Waals surface area (Å²) in [7, 11) is -1.46. The number of rotatable bonds is 18. The van der Waals surface area contributed by atoms with Crippen molar-refractivity contribution in [2.24, 2.45) is 7.05 Å². The number of nitrogens with zero attached hydrogens (tertiary/aromatic N) is 4. The molecular formula is C40H42F2N4O6S. The maximum atomic E-state index is 15.4. The highest BCUT2D eigenvalue weighted by Gasteiger charge is 2.24. The quantitative estimate of drug-likeness (QED) is 0.0898. The van der Waals surface area contributed by atoms with Crippen molar-refractivity contribution in [2.75, 3.05) is 25.2 Å². The van der Waals surface area contributed by atoms with E-state index >= 15 is 8.78 Å². The molecule has 0 aliphatic rings. The van der Waals surface area contributed by atoms with Crippen molar-refractivity contribution in [3.05, 3.63) is 131 Å². The first kappa shape index (κ1) is 37.8. The third-order valence-corrected chi connectivity index (χ3v) is 9.69. The lowest BCUT2D eigenvalue weighted by Gasteiger charge is -2.16. The minimum atomic E-state index is -3.10. The van der Waals surface area contributed by atoms with Crippen LogP contribution in [-0.4, -0.2) is 58.1 Å². The van der Waals surface area contributed by atoms with E-state index in [1.54, 1.807) is 13.1 Å². The first-order valence-electron chi connectivity index (χ1n) is 17.4. The van der Waals surface area contributed by atoms with E-state index in [4.69, 9.17) is 19.2 Å². The zero-order valence-electron chi connectivity index (χ0n) is 29.6. The predicted octanol–water partition coefficient (Wildman–Crippen LogP) is 7.54. The second kappa shape index (κ2) is 17.3. The molecule has 0 amide bonds. The highest BCUT2D eigenvalue weighted by atomic mass is 32.2. The van der Waals surface area contributed by atoms with E-state index in [2.05, 4.69) is 5.10 Å². The van der Waals surface area contributed by atoms with E-state index in [1.165, 1.54) is 35.2 Å². The topological polar surface area (TPSA) is 118 Å². The molecule has 2 aromatic heterocycles. The summed E-state index contributed by atoms with van der Waals surface area (Å²) in [5.74, 6) is -0.460. The maximum Gasteiger partial charge on any atom is 0.184 e. The third kappa shape index (κ3) is 9.93. The van der Waals surface area contributed by atoms with Crippen LogP contribution in [0.15, 0.2) is 97.2 Å². The molecule has 1 unspecified atom stereocenters. The smallest absolute Gasteiger partial charge is 0.184 e. The summed E-state index contributed by atoms with van der Waals surface area (Å²) in [6, 6.07) is 26.4. The van der Waals surface area contributed by atoms with Crippen molar-refractivity contribution < 1.29 is 36.5 Å². The number of hydrogen-bond acceptors (Lipinski definition) is 8. The number of hydrogen-bond donors (Lipinski definition) is 1.